The van der Waals surface area contributed by atoms with Gasteiger partial charge in [0.05, 0.1) is 0 Å². The SMILES string of the molecule is CC(C)NC(=O)Oc1cccc(-c2csnn2)c1. The first-order chi connectivity index (χ1) is 8.65. The number of carbonyl (C=O) groups excluding carboxylic acids is 1. The maximum Gasteiger partial charge on any atom is 0.412 e. The molecule has 0 atom stereocenters. The number of hydrogen-bond acceptors (Lipinski definition) is 5. The highest BCUT2D eigenvalue weighted by molar-refractivity contribution is 7.03. The Balaban J connectivity index is 2.11. The van der Waals surface area contributed by atoms with Gasteiger partial charge >= 0.3 is 6.09 Å². The lowest BCUT2D eigenvalue weighted by molar-refractivity contribution is 0.198. The summed E-state index contributed by atoms with van der Waals surface area (Å²) in [6, 6.07) is 7.24. The standard InChI is InChI=1S/C12H13N3O2S/c1-8(2)13-12(16)17-10-5-3-4-9(6-10)11-7-18-15-14-11/h3-8H,1-2H3,(H,13,16). The number of carbonyl (C=O) groups is 1. The monoisotopic (exact) mass is 263 g/mol. The van der Waals surface area contributed by atoms with E-state index < -0.39 is 6.09 Å². The average Bonchev–Trinajstić information content (AvgIpc) is 2.81. The summed E-state index contributed by atoms with van der Waals surface area (Å²) in [7, 11) is 0. The van der Waals surface area contributed by atoms with Gasteiger partial charge < -0.3 is 10.1 Å². The molecule has 1 heterocycles. The Labute approximate surface area is 109 Å². The highest BCUT2D eigenvalue weighted by atomic mass is 32.1. The van der Waals surface area contributed by atoms with Crippen LogP contribution in [0.3, 0.4) is 0 Å². The lowest BCUT2D eigenvalue weighted by atomic mass is 10.2. The third-order valence-electron chi connectivity index (χ3n) is 2.11. The molecule has 94 valence electrons. The van der Waals surface area contributed by atoms with E-state index in [9.17, 15) is 4.79 Å². The van der Waals surface area contributed by atoms with Crippen molar-refractivity contribution in [3.63, 3.8) is 0 Å². The van der Waals surface area contributed by atoms with Crippen LogP contribution in [-0.4, -0.2) is 21.7 Å². The minimum Gasteiger partial charge on any atom is -0.410 e. The van der Waals surface area contributed by atoms with Crippen LogP contribution in [0, 0.1) is 0 Å². The molecule has 0 saturated heterocycles. The van der Waals surface area contributed by atoms with Crippen molar-refractivity contribution < 1.29 is 9.53 Å². The minimum atomic E-state index is -0.460. The Hall–Kier alpha value is -1.95. The second-order valence-electron chi connectivity index (χ2n) is 4.01. The van der Waals surface area contributed by atoms with Crippen molar-refractivity contribution in [2.24, 2.45) is 0 Å². The van der Waals surface area contributed by atoms with Gasteiger partial charge in [0.25, 0.3) is 0 Å². The molecule has 2 aromatic rings. The number of rotatable bonds is 3. The molecule has 1 aromatic heterocycles. The van der Waals surface area contributed by atoms with Crippen LogP contribution < -0.4 is 10.1 Å². The number of ether oxygens (including phenoxy) is 1. The lowest BCUT2D eigenvalue weighted by Gasteiger charge is -2.09. The smallest absolute Gasteiger partial charge is 0.410 e. The van der Waals surface area contributed by atoms with Gasteiger partial charge in [0.1, 0.15) is 11.4 Å². The van der Waals surface area contributed by atoms with Crippen molar-refractivity contribution in [3.8, 4) is 17.0 Å². The van der Waals surface area contributed by atoms with Crippen molar-refractivity contribution in [1.82, 2.24) is 14.9 Å². The molecule has 0 aliphatic rings. The molecule has 5 nitrogen and oxygen atoms in total. The van der Waals surface area contributed by atoms with E-state index in [0.29, 0.717) is 5.75 Å². The summed E-state index contributed by atoms with van der Waals surface area (Å²) in [6.07, 6.45) is -0.460. The summed E-state index contributed by atoms with van der Waals surface area (Å²) in [5, 5.41) is 8.47. The maximum atomic E-state index is 11.5. The highest BCUT2D eigenvalue weighted by Crippen LogP contribution is 2.22. The van der Waals surface area contributed by atoms with Gasteiger partial charge in [0.15, 0.2) is 0 Å². The number of nitrogens with one attached hydrogen (secondary N) is 1. The second-order valence-corrected chi connectivity index (χ2v) is 4.62. The second kappa shape index (κ2) is 5.59. The van der Waals surface area contributed by atoms with Gasteiger partial charge in [-0.15, -0.1) is 5.10 Å². The van der Waals surface area contributed by atoms with Gasteiger partial charge in [-0.25, -0.2) is 4.79 Å². The van der Waals surface area contributed by atoms with E-state index in [0.717, 1.165) is 11.3 Å². The molecule has 1 N–H and O–H groups in total. The number of aromatic nitrogens is 2. The molecule has 0 aliphatic heterocycles. The van der Waals surface area contributed by atoms with E-state index in [2.05, 4.69) is 14.9 Å². The van der Waals surface area contributed by atoms with Gasteiger partial charge in [-0.05, 0) is 37.5 Å². The molecule has 0 spiro atoms. The first-order valence-electron chi connectivity index (χ1n) is 5.51. The summed E-state index contributed by atoms with van der Waals surface area (Å²) in [4.78, 5) is 11.5. The highest BCUT2D eigenvalue weighted by Gasteiger charge is 2.07. The fraction of sp³-hybridized carbons (Fsp3) is 0.250. The van der Waals surface area contributed by atoms with Gasteiger partial charge in [0.2, 0.25) is 0 Å². The normalized spacial score (nSPS) is 10.4. The van der Waals surface area contributed by atoms with Crippen molar-refractivity contribution in [3.05, 3.63) is 29.6 Å². The molecule has 0 fully saturated rings. The molecule has 0 aliphatic carbocycles. The molecule has 0 bridgehead atoms. The van der Waals surface area contributed by atoms with Gasteiger partial charge in [-0.2, -0.15) is 0 Å². The molecular weight excluding hydrogens is 250 g/mol. The summed E-state index contributed by atoms with van der Waals surface area (Å²) in [6.45, 7) is 3.75. The zero-order valence-corrected chi connectivity index (χ0v) is 10.9. The van der Waals surface area contributed by atoms with Gasteiger partial charge in [0, 0.05) is 17.0 Å². The number of benzene rings is 1. The van der Waals surface area contributed by atoms with Gasteiger partial charge in [-0.1, -0.05) is 16.6 Å². The predicted octanol–water partition coefficient (Wildman–Crippen LogP) is 2.70. The van der Waals surface area contributed by atoms with E-state index in [4.69, 9.17) is 4.74 Å². The molecule has 0 saturated carbocycles. The average molecular weight is 263 g/mol. The summed E-state index contributed by atoms with van der Waals surface area (Å²) < 4.78 is 8.97. The molecule has 2 rings (SSSR count). The van der Waals surface area contributed by atoms with E-state index in [1.54, 1.807) is 12.1 Å². The van der Waals surface area contributed by atoms with Crippen LogP contribution in [-0.2, 0) is 0 Å². The van der Waals surface area contributed by atoms with Crippen LogP contribution in [0.25, 0.3) is 11.3 Å². The van der Waals surface area contributed by atoms with Crippen LogP contribution in [0.4, 0.5) is 4.79 Å². The third kappa shape index (κ3) is 3.27. The van der Waals surface area contributed by atoms with Crippen molar-refractivity contribution in [2.45, 2.75) is 19.9 Å². The van der Waals surface area contributed by atoms with E-state index in [1.807, 2.05) is 31.4 Å². The summed E-state index contributed by atoms with van der Waals surface area (Å²) >= 11 is 1.28. The summed E-state index contributed by atoms with van der Waals surface area (Å²) in [5.74, 6) is 0.485. The Kier molecular flexibility index (Phi) is 3.88. The molecule has 0 radical (unpaired) electrons. The van der Waals surface area contributed by atoms with Crippen LogP contribution in [0.15, 0.2) is 29.6 Å². The van der Waals surface area contributed by atoms with Crippen LogP contribution in [0.2, 0.25) is 0 Å². The first kappa shape index (κ1) is 12.5. The third-order valence-corrected chi connectivity index (χ3v) is 2.61. The Bertz CT molecular complexity index is 526. The van der Waals surface area contributed by atoms with Crippen molar-refractivity contribution in [1.29, 1.82) is 0 Å². The van der Waals surface area contributed by atoms with Crippen molar-refractivity contribution >= 4 is 17.6 Å². The van der Waals surface area contributed by atoms with Crippen LogP contribution >= 0.6 is 11.5 Å². The largest absolute Gasteiger partial charge is 0.412 e. The fourth-order valence-electron chi connectivity index (χ4n) is 1.38. The lowest BCUT2D eigenvalue weighted by Crippen LogP contribution is -2.32. The Morgan fingerprint density at radius 3 is 2.94 bits per heavy atom. The van der Waals surface area contributed by atoms with E-state index in [1.165, 1.54) is 11.5 Å². The minimum absolute atomic E-state index is 0.0448. The molecule has 1 amide bonds. The Morgan fingerprint density at radius 2 is 2.28 bits per heavy atom. The predicted molar refractivity (Wildman–Crippen MR) is 69.6 cm³/mol. The molecule has 1 aromatic carbocycles. The summed E-state index contributed by atoms with van der Waals surface area (Å²) in [5.41, 5.74) is 1.65. The maximum absolute atomic E-state index is 11.5. The number of amides is 1. The molecule has 18 heavy (non-hydrogen) atoms. The van der Waals surface area contributed by atoms with E-state index in [-0.39, 0.29) is 6.04 Å². The first-order valence-corrected chi connectivity index (χ1v) is 6.34. The van der Waals surface area contributed by atoms with Crippen molar-refractivity contribution in [2.75, 3.05) is 0 Å². The molecule has 6 heteroatoms. The zero-order valence-electron chi connectivity index (χ0n) is 10.1. The Morgan fingerprint density at radius 1 is 1.44 bits per heavy atom. The molecular formula is C12H13N3O2S. The van der Waals surface area contributed by atoms with E-state index >= 15 is 0 Å². The zero-order chi connectivity index (χ0) is 13.0. The topological polar surface area (TPSA) is 64.1 Å². The van der Waals surface area contributed by atoms with Crippen LogP contribution in [0.5, 0.6) is 5.75 Å². The number of hydrogen-bond donors (Lipinski definition) is 1. The van der Waals surface area contributed by atoms with Crippen LogP contribution in [0.1, 0.15) is 13.8 Å². The van der Waals surface area contributed by atoms with Gasteiger partial charge in [-0.3, -0.25) is 0 Å². The fourth-order valence-corrected chi connectivity index (χ4v) is 1.85. The number of nitrogens with zero attached hydrogens (tertiary/aromatic N) is 2. The quantitative estimate of drug-likeness (QED) is 0.924. The molecule has 0 unspecified atom stereocenters.